The molecule has 0 aliphatic rings. The van der Waals surface area contributed by atoms with Crippen molar-refractivity contribution in [1.29, 1.82) is 0 Å². The first-order valence-corrected chi connectivity index (χ1v) is 24.4. The molecular formula is C54H37Cl2MnN11Ru+2. The minimum Gasteiger partial charge on any atom is -0.337 e. The second kappa shape index (κ2) is 24.0. The summed E-state index contributed by atoms with van der Waals surface area (Å²) < 4.78 is 0. The summed E-state index contributed by atoms with van der Waals surface area (Å²) in [7, 11) is 9.59. The normalized spacial score (nSPS) is 10.4. The Bertz CT molecular complexity index is 3220. The number of imidazole rings is 1. The van der Waals surface area contributed by atoms with E-state index >= 15 is 0 Å². The van der Waals surface area contributed by atoms with Crippen LogP contribution in [0.15, 0.2) is 219 Å². The summed E-state index contributed by atoms with van der Waals surface area (Å²) in [6, 6.07) is 55.4. The maximum absolute atomic E-state index is 5.02. The zero-order valence-corrected chi connectivity index (χ0v) is 40.7. The molecule has 0 spiro atoms. The summed E-state index contributed by atoms with van der Waals surface area (Å²) in [5.41, 5.74) is 13.5. The molecule has 0 radical (unpaired) electrons. The molecule has 69 heavy (non-hydrogen) atoms. The molecule has 12 aromatic rings. The fourth-order valence-electron chi connectivity index (χ4n) is 7.35. The first-order valence-electron chi connectivity index (χ1n) is 21.2. The smallest absolute Gasteiger partial charge is 0.337 e. The van der Waals surface area contributed by atoms with Crippen LogP contribution in [-0.4, -0.2) is 54.8 Å². The number of pyridine rings is 9. The van der Waals surface area contributed by atoms with Crippen molar-refractivity contribution >= 4 is 53.0 Å². The molecule has 1 N–H and O–H groups in total. The summed E-state index contributed by atoms with van der Waals surface area (Å²) >= 11 is 0.00694. The van der Waals surface area contributed by atoms with Crippen LogP contribution in [-0.2, 0) is 32.6 Å². The Morgan fingerprint density at radius 2 is 0.667 bits per heavy atom. The topological polar surface area (TPSA) is 145 Å². The number of aromatic nitrogens is 11. The summed E-state index contributed by atoms with van der Waals surface area (Å²) in [6.45, 7) is 0. The molecule has 0 saturated carbocycles. The van der Waals surface area contributed by atoms with E-state index in [0.29, 0.717) is 0 Å². The summed E-state index contributed by atoms with van der Waals surface area (Å²) in [5.74, 6) is 0.797. The number of rotatable bonds is 6. The van der Waals surface area contributed by atoms with Gasteiger partial charge in [0.1, 0.15) is 5.82 Å². The molecule has 335 valence electrons. The Hall–Kier alpha value is -7.50. The van der Waals surface area contributed by atoms with Crippen LogP contribution in [0.4, 0.5) is 0 Å². The predicted octanol–water partition coefficient (Wildman–Crippen LogP) is 13.2. The van der Waals surface area contributed by atoms with Gasteiger partial charge in [-0.05, 0) is 120 Å². The largest absolute Gasteiger partial charge is 2.00 e. The molecule has 0 unspecified atom stereocenters. The Morgan fingerprint density at radius 3 is 1.06 bits per heavy atom. The molecular weight excluding hydrogens is 1030 g/mol. The third-order valence-corrected chi connectivity index (χ3v) is 10.4. The van der Waals surface area contributed by atoms with Crippen molar-refractivity contribution in [1.82, 2.24) is 54.8 Å². The van der Waals surface area contributed by atoms with E-state index in [1.807, 2.05) is 127 Å². The van der Waals surface area contributed by atoms with E-state index in [1.54, 1.807) is 49.6 Å². The van der Waals surface area contributed by atoms with Gasteiger partial charge in [0.05, 0.1) is 67.6 Å². The maximum atomic E-state index is 5.02. The van der Waals surface area contributed by atoms with Gasteiger partial charge >= 0.3 is 52.8 Å². The van der Waals surface area contributed by atoms with Gasteiger partial charge in [0.2, 0.25) is 0 Å². The molecule has 0 aliphatic carbocycles. The number of nitrogens with one attached hydrogen (secondary N) is 1. The number of H-pyrrole nitrogens is 1. The van der Waals surface area contributed by atoms with E-state index in [-0.39, 0.29) is 32.6 Å². The van der Waals surface area contributed by atoms with Crippen molar-refractivity contribution in [2.45, 2.75) is 0 Å². The van der Waals surface area contributed by atoms with Crippen molar-refractivity contribution in [3.63, 3.8) is 0 Å². The Morgan fingerprint density at radius 1 is 0.319 bits per heavy atom. The van der Waals surface area contributed by atoms with E-state index in [0.717, 1.165) is 101 Å². The fourth-order valence-corrected chi connectivity index (χ4v) is 7.35. The van der Waals surface area contributed by atoms with E-state index in [9.17, 15) is 0 Å². The molecule has 0 atom stereocenters. The van der Waals surface area contributed by atoms with Crippen LogP contribution < -0.4 is 0 Å². The van der Waals surface area contributed by atoms with Gasteiger partial charge in [-0.3, -0.25) is 39.9 Å². The van der Waals surface area contributed by atoms with Gasteiger partial charge < -0.3 is 4.98 Å². The Kier molecular flexibility index (Phi) is 16.7. The summed E-state index contributed by atoms with van der Waals surface area (Å²) in [5, 5.41) is 1.98. The molecule has 10 heterocycles. The number of aromatic amines is 1. The van der Waals surface area contributed by atoms with E-state index < -0.39 is 0 Å². The van der Waals surface area contributed by atoms with Crippen LogP contribution in [0.1, 0.15) is 0 Å². The van der Waals surface area contributed by atoms with Gasteiger partial charge in [0, 0.05) is 65.9 Å². The van der Waals surface area contributed by atoms with E-state index in [2.05, 4.69) is 87.3 Å². The van der Waals surface area contributed by atoms with Gasteiger partial charge in [-0.2, -0.15) is 0 Å². The molecule has 0 bridgehead atoms. The van der Waals surface area contributed by atoms with Crippen LogP contribution >= 0.6 is 20.2 Å². The molecule has 12 rings (SSSR count). The van der Waals surface area contributed by atoms with Crippen LogP contribution in [0.5, 0.6) is 0 Å². The van der Waals surface area contributed by atoms with Crippen LogP contribution in [0.25, 0.3) is 101 Å². The van der Waals surface area contributed by atoms with E-state index in [1.165, 1.54) is 0 Å². The van der Waals surface area contributed by atoms with Crippen molar-refractivity contribution in [2.75, 3.05) is 0 Å². The van der Waals surface area contributed by atoms with Gasteiger partial charge in [0.15, 0.2) is 0 Å². The fraction of sp³-hybridized carbons (Fsp3) is 0. The quantitative estimate of drug-likeness (QED) is 0.126. The Labute approximate surface area is 425 Å². The third kappa shape index (κ3) is 11.8. The summed E-state index contributed by atoms with van der Waals surface area (Å²) in [4.78, 5) is 48.5. The number of halogens is 2. The van der Waals surface area contributed by atoms with Crippen molar-refractivity contribution < 1.29 is 32.6 Å². The predicted molar refractivity (Wildman–Crippen MR) is 268 cm³/mol. The Balaban J connectivity index is 0.000000186. The average Bonchev–Trinajstić information content (AvgIpc) is 3.90. The second-order valence-electron chi connectivity index (χ2n) is 14.7. The van der Waals surface area contributed by atoms with Crippen molar-refractivity contribution in [2.24, 2.45) is 0 Å². The first kappa shape index (κ1) is 48.0. The standard InChI is InChI=1S/C34H21N7.2C10H8N2.2ClH.Mn.Ru/c1-3-15-35-26(9-1)28-19-23(20-29(39-28)27-10-2-4-16-36-27)21-11-13-22(14-12-21)34-40-32-24-7-5-17-37-30(24)31-25(33(32)41-34)8-6-18-38-31;2*1-3-7-11-9(5-1)10-6-2-4-8-12-10;;;;/h1-20H,(H,40,41);2*1-8H;2*1H;;/q;;;;;2*+2/p-2. The van der Waals surface area contributed by atoms with Crippen LogP contribution in [0, 0.1) is 0 Å². The summed E-state index contributed by atoms with van der Waals surface area (Å²) in [6.07, 6.45) is 14.2. The third-order valence-electron chi connectivity index (χ3n) is 10.4. The van der Waals surface area contributed by atoms with Gasteiger partial charge in [-0.15, -0.1) is 0 Å². The molecule has 2 aromatic carbocycles. The van der Waals surface area contributed by atoms with Crippen molar-refractivity contribution in [3.05, 3.63) is 219 Å². The minimum atomic E-state index is 0. The first-order chi connectivity index (χ1) is 33.7. The molecule has 0 fully saturated rings. The maximum Gasteiger partial charge on any atom is 2.00 e. The molecule has 0 amide bonds. The number of nitrogens with zero attached hydrogens (tertiary/aromatic N) is 10. The second-order valence-corrected chi connectivity index (χ2v) is 16.6. The minimum absolute atomic E-state index is 0. The van der Waals surface area contributed by atoms with Crippen molar-refractivity contribution in [3.8, 4) is 68.1 Å². The van der Waals surface area contributed by atoms with Crippen LogP contribution in [0.2, 0.25) is 0 Å². The van der Waals surface area contributed by atoms with Crippen LogP contribution in [0.3, 0.4) is 0 Å². The average molecular weight is 1070 g/mol. The molecule has 11 nitrogen and oxygen atoms in total. The molecule has 0 aliphatic heterocycles. The SMILES string of the molecule is [Cl][Mn][Cl].[Ru+2].c1ccc(-c2cc(-c3ccc(-c4nc5c6cccnc6c6ncccc6c5[nH]4)cc3)cc(-c3ccccn3)n2)nc1.c1ccc(-c2ccccn2)nc1.c1ccc(-c2ccccn2)nc1. The van der Waals surface area contributed by atoms with Gasteiger partial charge in [0.25, 0.3) is 0 Å². The zero-order valence-electron chi connectivity index (χ0n) is 36.2. The molecule has 10 aromatic heterocycles. The van der Waals surface area contributed by atoms with Gasteiger partial charge in [-0.25, -0.2) is 9.97 Å². The number of fused-ring (bicyclic) bond motifs is 6. The number of benzene rings is 2. The zero-order chi connectivity index (χ0) is 46.3. The number of hydrogen-bond acceptors (Lipinski definition) is 10. The monoisotopic (exact) mass is 1070 g/mol. The molecule has 15 heteroatoms. The van der Waals surface area contributed by atoms with Gasteiger partial charge in [-0.1, -0.05) is 60.7 Å². The number of hydrogen-bond donors (Lipinski definition) is 1. The van der Waals surface area contributed by atoms with E-state index in [4.69, 9.17) is 30.2 Å². The molecule has 0 saturated heterocycles.